The highest BCUT2D eigenvalue weighted by Gasteiger charge is 2.74. The Morgan fingerprint density at radius 1 is 1.43 bits per heavy atom. The van der Waals surface area contributed by atoms with Crippen LogP contribution in [0.1, 0.15) is 6.42 Å². The number of fused-ring (bicyclic) bond motifs is 1. The molecule has 0 saturated heterocycles. The van der Waals surface area contributed by atoms with Gasteiger partial charge in [-0.1, -0.05) is 0 Å². The molecule has 0 aromatic heterocycles. The predicted octanol–water partition coefficient (Wildman–Crippen LogP) is -0.543. The van der Waals surface area contributed by atoms with E-state index < -0.39 is 41.4 Å². The van der Waals surface area contributed by atoms with E-state index in [1.54, 1.807) is 0 Å². The molecule has 2 fully saturated rings. The average Bonchev–Trinajstić information content (AvgIpc) is 2.70. The summed E-state index contributed by atoms with van der Waals surface area (Å²) in [6.45, 7) is 0. The Morgan fingerprint density at radius 3 is 2.43 bits per heavy atom. The van der Waals surface area contributed by atoms with E-state index >= 15 is 0 Å². The largest absolute Gasteiger partial charge is 0.481 e. The van der Waals surface area contributed by atoms with Gasteiger partial charge in [-0.2, -0.15) is 0 Å². The zero-order chi connectivity index (χ0) is 10.7. The molecule has 4 N–H and O–H groups in total. The molecule has 2 saturated carbocycles. The molecule has 14 heavy (non-hydrogen) atoms. The van der Waals surface area contributed by atoms with Crippen molar-refractivity contribution in [1.82, 2.24) is 0 Å². The lowest BCUT2D eigenvalue weighted by Gasteiger charge is -2.24. The van der Waals surface area contributed by atoms with Crippen molar-refractivity contribution in [2.75, 3.05) is 0 Å². The van der Waals surface area contributed by atoms with Crippen molar-refractivity contribution < 1.29 is 24.2 Å². The molecule has 4 unspecified atom stereocenters. The van der Waals surface area contributed by atoms with Gasteiger partial charge in [0, 0.05) is 5.92 Å². The number of rotatable bonds is 2. The van der Waals surface area contributed by atoms with Crippen LogP contribution >= 0.6 is 0 Å². The maximum Gasteiger partial charge on any atom is 0.327 e. The third-order valence-corrected chi connectivity index (χ3v) is 3.37. The minimum Gasteiger partial charge on any atom is -0.481 e. The number of halogens is 1. The van der Waals surface area contributed by atoms with Crippen LogP contribution in [0.15, 0.2) is 0 Å². The SMILES string of the molecule is N[C@@]1(C(=O)O)C(F)CC2C(C(=O)O)C21. The molecule has 6 heteroatoms. The molecule has 0 spiro atoms. The molecule has 0 aliphatic heterocycles. The normalized spacial score (nSPS) is 49.9. The predicted molar refractivity (Wildman–Crippen MR) is 42.2 cm³/mol. The molecule has 78 valence electrons. The van der Waals surface area contributed by atoms with E-state index in [4.69, 9.17) is 15.9 Å². The smallest absolute Gasteiger partial charge is 0.327 e. The first kappa shape index (κ1) is 9.39. The molecule has 0 amide bonds. The maximum absolute atomic E-state index is 13.2. The van der Waals surface area contributed by atoms with Gasteiger partial charge >= 0.3 is 11.9 Å². The molecular weight excluding hydrogens is 193 g/mol. The highest BCUT2D eigenvalue weighted by molar-refractivity contribution is 5.86. The third-order valence-electron chi connectivity index (χ3n) is 3.37. The van der Waals surface area contributed by atoms with E-state index in [0.29, 0.717) is 0 Å². The number of hydrogen-bond donors (Lipinski definition) is 3. The van der Waals surface area contributed by atoms with Gasteiger partial charge in [-0.05, 0) is 12.3 Å². The van der Waals surface area contributed by atoms with Crippen molar-refractivity contribution in [2.45, 2.75) is 18.1 Å². The summed E-state index contributed by atoms with van der Waals surface area (Å²) in [6, 6.07) is 0. The summed E-state index contributed by atoms with van der Waals surface area (Å²) in [7, 11) is 0. The van der Waals surface area contributed by atoms with Gasteiger partial charge in [0.2, 0.25) is 0 Å². The van der Waals surface area contributed by atoms with Gasteiger partial charge in [-0.3, -0.25) is 9.59 Å². The molecule has 2 rings (SSSR count). The van der Waals surface area contributed by atoms with Crippen molar-refractivity contribution in [1.29, 1.82) is 0 Å². The zero-order valence-electron chi connectivity index (χ0n) is 7.18. The molecule has 0 bridgehead atoms. The maximum atomic E-state index is 13.2. The number of alkyl halides is 1. The molecular formula is C8H10FNO4. The van der Waals surface area contributed by atoms with Gasteiger partial charge in [0.05, 0.1) is 5.92 Å². The Labute approximate surface area is 78.7 Å². The van der Waals surface area contributed by atoms with E-state index in [0.717, 1.165) is 0 Å². The van der Waals surface area contributed by atoms with Crippen LogP contribution in [-0.2, 0) is 9.59 Å². The van der Waals surface area contributed by atoms with Gasteiger partial charge < -0.3 is 15.9 Å². The number of carboxylic acids is 2. The van der Waals surface area contributed by atoms with Crippen LogP contribution in [0.3, 0.4) is 0 Å². The van der Waals surface area contributed by atoms with Crippen molar-refractivity contribution in [2.24, 2.45) is 23.5 Å². The Hall–Kier alpha value is -1.17. The molecule has 5 atom stereocenters. The lowest BCUT2D eigenvalue weighted by molar-refractivity contribution is -0.147. The first-order valence-electron chi connectivity index (χ1n) is 4.29. The minimum absolute atomic E-state index is 0.0512. The first-order chi connectivity index (χ1) is 6.40. The van der Waals surface area contributed by atoms with Crippen molar-refractivity contribution >= 4 is 11.9 Å². The molecule has 5 nitrogen and oxygen atoms in total. The van der Waals surface area contributed by atoms with E-state index in [1.165, 1.54) is 0 Å². The Balaban J connectivity index is 2.26. The van der Waals surface area contributed by atoms with E-state index in [9.17, 15) is 14.0 Å². The van der Waals surface area contributed by atoms with E-state index in [-0.39, 0.29) is 6.42 Å². The van der Waals surface area contributed by atoms with Crippen LogP contribution < -0.4 is 5.73 Å². The number of hydrogen-bond acceptors (Lipinski definition) is 3. The van der Waals surface area contributed by atoms with Gasteiger partial charge in [0.1, 0.15) is 11.7 Å². The van der Waals surface area contributed by atoms with Gasteiger partial charge in [-0.25, -0.2) is 4.39 Å². The quantitative estimate of drug-likeness (QED) is 0.559. The van der Waals surface area contributed by atoms with E-state index in [1.807, 2.05) is 0 Å². The monoisotopic (exact) mass is 203 g/mol. The summed E-state index contributed by atoms with van der Waals surface area (Å²) in [5.74, 6) is -4.44. The summed E-state index contributed by atoms with van der Waals surface area (Å²) in [4.78, 5) is 21.4. The highest BCUT2D eigenvalue weighted by atomic mass is 19.1. The Morgan fingerprint density at radius 2 is 2.00 bits per heavy atom. The van der Waals surface area contributed by atoms with Crippen molar-refractivity contribution in [3.05, 3.63) is 0 Å². The number of nitrogens with two attached hydrogens (primary N) is 1. The molecule has 2 aliphatic carbocycles. The lowest BCUT2D eigenvalue weighted by atomic mass is 9.90. The summed E-state index contributed by atoms with van der Waals surface area (Å²) in [5.41, 5.74) is 3.43. The van der Waals surface area contributed by atoms with Crippen LogP contribution in [0.25, 0.3) is 0 Å². The van der Waals surface area contributed by atoms with Gasteiger partial charge in [0.15, 0.2) is 0 Å². The third kappa shape index (κ3) is 0.863. The summed E-state index contributed by atoms with van der Waals surface area (Å²) in [5, 5.41) is 17.5. The van der Waals surface area contributed by atoms with Crippen molar-refractivity contribution in [3.8, 4) is 0 Å². The van der Waals surface area contributed by atoms with Crippen LogP contribution in [-0.4, -0.2) is 33.9 Å². The van der Waals surface area contributed by atoms with Crippen LogP contribution in [0.2, 0.25) is 0 Å². The highest BCUT2D eigenvalue weighted by Crippen LogP contribution is 2.62. The standard InChI is InChI=1S/C8H10FNO4/c9-3-1-2-4(6(11)12)5(2)8(3,10)7(13)14/h2-5H,1,10H2,(H,11,12)(H,13,14)/t2?,3?,4?,5?,8-/m0/s1. The summed E-state index contributed by atoms with van der Waals surface area (Å²) >= 11 is 0. The van der Waals surface area contributed by atoms with Crippen LogP contribution in [0.5, 0.6) is 0 Å². The van der Waals surface area contributed by atoms with Crippen LogP contribution in [0, 0.1) is 17.8 Å². The minimum atomic E-state index is -1.99. The molecule has 2 aliphatic rings. The fourth-order valence-corrected chi connectivity index (χ4v) is 2.57. The fraction of sp³-hybridized carbons (Fsp3) is 0.750. The summed E-state index contributed by atoms with van der Waals surface area (Å²) in [6.07, 6.45) is -1.68. The number of aliphatic carboxylic acids is 2. The topological polar surface area (TPSA) is 101 Å². The Bertz CT molecular complexity index is 320. The lowest BCUT2D eigenvalue weighted by Crippen LogP contribution is -2.56. The number of carbonyl (C=O) groups is 2. The molecule has 0 heterocycles. The molecule has 0 radical (unpaired) electrons. The van der Waals surface area contributed by atoms with Crippen molar-refractivity contribution in [3.63, 3.8) is 0 Å². The average molecular weight is 203 g/mol. The molecule has 0 aromatic rings. The molecule has 0 aromatic carbocycles. The zero-order valence-corrected chi connectivity index (χ0v) is 7.18. The van der Waals surface area contributed by atoms with E-state index in [2.05, 4.69) is 0 Å². The first-order valence-corrected chi connectivity index (χ1v) is 4.29. The van der Waals surface area contributed by atoms with Crippen LogP contribution in [0.4, 0.5) is 4.39 Å². The summed E-state index contributed by atoms with van der Waals surface area (Å²) < 4.78 is 13.2. The second-order valence-corrected chi connectivity index (χ2v) is 4.00. The van der Waals surface area contributed by atoms with Gasteiger partial charge in [0.25, 0.3) is 0 Å². The number of carboxylic acid groups (broad SMARTS) is 2. The Kier molecular flexibility index (Phi) is 1.64. The van der Waals surface area contributed by atoms with Gasteiger partial charge in [-0.15, -0.1) is 0 Å². The second kappa shape index (κ2) is 2.44. The second-order valence-electron chi connectivity index (χ2n) is 4.00. The fourth-order valence-electron chi connectivity index (χ4n) is 2.57.